The van der Waals surface area contributed by atoms with Crippen molar-refractivity contribution >= 4 is 18.4 Å². The summed E-state index contributed by atoms with van der Waals surface area (Å²) in [7, 11) is 3.83. The maximum absolute atomic E-state index is 8.58. The lowest BCUT2D eigenvalue weighted by Gasteiger charge is -2.28. The number of fused-ring (bicyclic) bond motifs is 1. The third-order valence-corrected chi connectivity index (χ3v) is 6.61. The number of carbonyl (C=O) groups excluding carboxylic acids is 1. The molecule has 0 aliphatic carbocycles. The quantitative estimate of drug-likeness (QED) is 0.326. The van der Waals surface area contributed by atoms with Crippen molar-refractivity contribution in [1.82, 2.24) is 9.21 Å². The second kappa shape index (κ2) is 16.1. The molecule has 0 spiro atoms. The highest BCUT2D eigenvalue weighted by Crippen LogP contribution is 2.26. The molecule has 1 heterocycles. The van der Waals surface area contributed by atoms with Gasteiger partial charge in [0.2, 0.25) is 6.41 Å². The summed E-state index contributed by atoms with van der Waals surface area (Å²) in [5.41, 5.74) is 11.1. The van der Waals surface area contributed by atoms with Crippen molar-refractivity contribution in [1.29, 1.82) is 0 Å². The molecule has 35 heavy (non-hydrogen) atoms. The van der Waals surface area contributed by atoms with Crippen LogP contribution in [0.15, 0.2) is 77.7 Å². The second-order valence-corrected chi connectivity index (χ2v) is 9.30. The monoisotopic (exact) mass is 493 g/mol. The fraction of sp³-hybridized carbons (Fsp3) is 0.345. The minimum Gasteiger partial charge on any atom is -0.383 e. The number of methoxy groups -OCH3 is 1. The molecule has 5 nitrogen and oxygen atoms in total. The highest BCUT2D eigenvalue weighted by atomic mass is 32.2. The smallest absolute Gasteiger partial charge is 0.204 e. The number of rotatable bonds is 8. The van der Waals surface area contributed by atoms with E-state index in [0.717, 1.165) is 39.2 Å². The van der Waals surface area contributed by atoms with Gasteiger partial charge < -0.3 is 10.5 Å². The van der Waals surface area contributed by atoms with Gasteiger partial charge in [0.1, 0.15) is 0 Å². The summed E-state index contributed by atoms with van der Waals surface area (Å²) in [5, 5.41) is 0. The van der Waals surface area contributed by atoms with E-state index in [1.807, 2.05) is 13.8 Å². The van der Waals surface area contributed by atoms with E-state index >= 15 is 0 Å². The lowest BCUT2D eigenvalue weighted by atomic mass is 9.99. The number of hydrogen-bond acceptors (Lipinski definition) is 5. The summed E-state index contributed by atoms with van der Waals surface area (Å²) >= 11 is 1.75. The summed E-state index contributed by atoms with van der Waals surface area (Å²) in [6, 6.07) is 26.7. The normalized spacial score (nSPS) is 12.6. The Morgan fingerprint density at radius 1 is 0.971 bits per heavy atom. The summed E-state index contributed by atoms with van der Waals surface area (Å²) in [5.74, 6) is 0. The SMILES string of the molecule is CC.COCCN(C)Sc1ccc(-c2ccc(CN3CCc4ccccc4C3)cc2)cc1.NC=O. The number of benzene rings is 3. The van der Waals surface area contributed by atoms with Gasteiger partial charge in [0.05, 0.1) is 6.61 Å². The van der Waals surface area contributed by atoms with Gasteiger partial charge in [-0.2, -0.15) is 0 Å². The van der Waals surface area contributed by atoms with Crippen LogP contribution >= 0.6 is 11.9 Å². The highest BCUT2D eigenvalue weighted by molar-refractivity contribution is 7.97. The fourth-order valence-electron chi connectivity index (χ4n) is 3.90. The van der Waals surface area contributed by atoms with Crippen LogP contribution in [0.5, 0.6) is 0 Å². The molecule has 6 heteroatoms. The van der Waals surface area contributed by atoms with E-state index in [1.54, 1.807) is 19.1 Å². The molecule has 0 saturated carbocycles. The molecular weight excluding hydrogens is 454 g/mol. The molecule has 1 aliphatic heterocycles. The maximum atomic E-state index is 8.58. The van der Waals surface area contributed by atoms with E-state index in [-0.39, 0.29) is 6.41 Å². The van der Waals surface area contributed by atoms with Gasteiger partial charge in [0.15, 0.2) is 0 Å². The van der Waals surface area contributed by atoms with Gasteiger partial charge in [-0.3, -0.25) is 9.69 Å². The van der Waals surface area contributed by atoms with Gasteiger partial charge in [0.25, 0.3) is 0 Å². The lowest BCUT2D eigenvalue weighted by molar-refractivity contribution is -0.106. The van der Waals surface area contributed by atoms with Crippen LogP contribution in [0.25, 0.3) is 11.1 Å². The van der Waals surface area contributed by atoms with Crippen LogP contribution in [-0.2, 0) is 29.0 Å². The van der Waals surface area contributed by atoms with Crippen molar-refractivity contribution in [3.63, 3.8) is 0 Å². The first-order valence-electron chi connectivity index (χ1n) is 12.1. The third-order valence-electron chi connectivity index (χ3n) is 5.63. The molecule has 1 amide bonds. The Bertz CT molecular complexity index is 994. The molecule has 188 valence electrons. The minimum atomic E-state index is 0.250. The Morgan fingerprint density at radius 2 is 1.54 bits per heavy atom. The predicted octanol–water partition coefficient (Wildman–Crippen LogP) is 5.62. The van der Waals surface area contributed by atoms with E-state index in [9.17, 15) is 0 Å². The van der Waals surface area contributed by atoms with Crippen molar-refractivity contribution in [3.8, 4) is 11.1 Å². The van der Waals surface area contributed by atoms with Gasteiger partial charge in [-0.05, 0) is 65.4 Å². The summed E-state index contributed by atoms with van der Waals surface area (Å²) < 4.78 is 7.34. The number of likely N-dealkylation sites (N-methyl/N-ethyl adjacent to an activating group) is 1. The van der Waals surface area contributed by atoms with Crippen LogP contribution < -0.4 is 5.73 Å². The molecule has 3 aromatic rings. The number of hydrogen-bond donors (Lipinski definition) is 1. The maximum Gasteiger partial charge on any atom is 0.204 e. The number of primary amides is 1. The topological polar surface area (TPSA) is 58.8 Å². The molecule has 4 rings (SSSR count). The van der Waals surface area contributed by atoms with E-state index in [0.29, 0.717) is 0 Å². The van der Waals surface area contributed by atoms with Crippen molar-refractivity contribution < 1.29 is 9.53 Å². The Balaban J connectivity index is 0.000000803. The van der Waals surface area contributed by atoms with Crippen LogP contribution in [0.3, 0.4) is 0 Å². The molecule has 3 aromatic carbocycles. The summed E-state index contributed by atoms with van der Waals surface area (Å²) in [6.45, 7) is 8.86. The fourth-order valence-corrected chi connectivity index (χ4v) is 4.69. The Labute approximate surface area is 215 Å². The van der Waals surface area contributed by atoms with E-state index < -0.39 is 0 Å². The first-order valence-corrected chi connectivity index (χ1v) is 12.9. The van der Waals surface area contributed by atoms with E-state index in [1.165, 1.54) is 32.7 Å². The lowest BCUT2D eigenvalue weighted by Crippen LogP contribution is -2.29. The number of carbonyl (C=O) groups is 1. The average Bonchev–Trinajstić information content (AvgIpc) is 2.90. The molecule has 1 aliphatic rings. The first kappa shape index (κ1) is 28.6. The zero-order chi connectivity index (χ0) is 25.5. The molecule has 0 radical (unpaired) electrons. The Kier molecular flexibility index (Phi) is 13.2. The predicted molar refractivity (Wildman–Crippen MR) is 148 cm³/mol. The molecule has 0 unspecified atom stereocenters. The van der Waals surface area contributed by atoms with Gasteiger partial charge in [-0.15, -0.1) is 0 Å². The van der Waals surface area contributed by atoms with E-state index in [2.05, 4.69) is 94.8 Å². The van der Waals surface area contributed by atoms with Gasteiger partial charge in [0, 0.05) is 38.2 Å². The molecule has 2 N–H and O–H groups in total. The zero-order valence-corrected chi connectivity index (χ0v) is 22.3. The molecule has 0 bridgehead atoms. The van der Waals surface area contributed by atoms with Crippen molar-refractivity contribution in [2.45, 2.75) is 38.3 Å². The molecule has 0 fully saturated rings. The first-order chi connectivity index (χ1) is 17.1. The third kappa shape index (κ3) is 9.49. The Morgan fingerprint density at radius 3 is 2.14 bits per heavy atom. The second-order valence-electron chi connectivity index (χ2n) is 8.02. The van der Waals surface area contributed by atoms with Crippen LogP contribution in [0.1, 0.15) is 30.5 Å². The number of nitrogens with two attached hydrogens (primary N) is 1. The molecular formula is C29H39N3O2S. The zero-order valence-electron chi connectivity index (χ0n) is 21.4. The standard InChI is InChI=1S/C26H30N2OS.C2H6.CH3NO/c1-27(17-18-29-2)30-26-13-11-24(12-14-26)23-9-7-21(8-10-23)19-28-16-15-22-5-3-4-6-25(22)20-28;1-2;2-1-3/h3-14H,15-20H2,1-2H3;1-2H3;1H,(H2,2,3). The number of amides is 1. The average molecular weight is 494 g/mol. The summed E-state index contributed by atoms with van der Waals surface area (Å²) in [6.07, 6.45) is 1.40. The van der Waals surface area contributed by atoms with E-state index in [4.69, 9.17) is 9.53 Å². The number of nitrogens with zero attached hydrogens (tertiary/aromatic N) is 2. The number of ether oxygens (including phenoxy) is 1. The van der Waals surface area contributed by atoms with Crippen LogP contribution in [0, 0.1) is 0 Å². The van der Waals surface area contributed by atoms with Crippen molar-refractivity contribution in [2.24, 2.45) is 5.73 Å². The van der Waals surface area contributed by atoms with Gasteiger partial charge >= 0.3 is 0 Å². The largest absolute Gasteiger partial charge is 0.383 e. The molecule has 0 aromatic heterocycles. The van der Waals surface area contributed by atoms with Gasteiger partial charge in [-0.1, -0.05) is 74.5 Å². The van der Waals surface area contributed by atoms with Crippen molar-refractivity contribution in [3.05, 3.63) is 89.5 Å². The Hall–Kier alpha value is -2.64. The minimum absolute atomic E-state index is 0.250. The van der Waals surface area contributed by atoms with Crippen LogP contribution in [0.2, 0.25) is 0 Å². The van der Waals surface area contributed by atoms with Gasteiger partial charge in [-0.25, -0.2) is 4.31 Å². The van der Waals surface area contributed by atoms with Crippen LogP contribution in [-0.4, -0.2) is 49.5 Å². The van der Waals surface area contributed by atoms with Crippen LogP contribution in [0.4, 0.5) is 0 Å². The molecule has 0 atom stereocenters. The summed E-state index contributed by atoms with van der Waals surface area (Å²) in [4.78, 5) is 12.4. The van der Waals surface area contributed by atoms with Crippen molar-refractivity contribution in [2.75, 3.05) is 33.9 Å². The highest BCUT2D eigenvalue weighted by Gasteiger charge is 2.15. The molecule has 0 saturated heterocycles.